The fraction of sp³-hybridized carbons (Fsp3) is 0.692. The zero-order valence-electron chi connectivity index (χ0n) is 12.2. The van der Waals surface area contributed by atoms with E-state index in [0.717, 1.165) is 11.8 Å². The van der Waals surface area contributed by atoms with E-state index in [-0.39, 0.29) is 23.7 Å². The van der Waals surface area contributed by atoms with Crippen molar-refractivity contribution in [3.8, 4) is 0 Å². The van der Waals surface area contributed by atoms with Crippen molar-refractivity contribution in [2.24, 2.45) is 5.92 Å². The lowest BCUT2D eigenvalue weighted by molar-refractivity contribution is -0.147. The second kappa shape index (κ2) is 9.52. The molecule has 0 aromatic rings. The van der Waals surface area contributed by atoms with Crippen molar-refractivity contribution in [3.05, 3.63) is 0 Å². The molecule has 0 aromatic heterocycles. The number of esters is 1. The molecule has 0 saturated heterocycles. The van der Waals surface area contributed by atoms with Crippen LogP contribution >= 0.6 is 11.8 Å². The predicted octanol–water partition coefficient (Wildman–Crippen LogP) is 0.929. The van der Waals surface area contributed by atoms with E-state index >= 15 is 0 Å². The van der Waals surface area contributed by atoms with Crippen LogP contribution in [0.4, 0.5) is 0 Å². The number of hydrogen-bond acceptors (Lipinski definition) is 6. The van der Waals surface area contributed by atoms with Gasteiger partial charge in [-0.1, -0.05) is 32.5 Å². The van der Waals surface area contributed by atoms with Crippen molar-refractivity contribution in [2.75, 3.05) is 13.2 Å². The second-order valence-corrected chi connectivity index (χ2v) is 5.93. The molecule has 0 rings (SSSR count). The van der Waals surface area contributed by atoms with Crippen LogP contribution in [-0.4, -0.2) is 41.2 Å². The van der Waals surface area contributed by atoms with E-state index in [0.29, 0.717) is 6.54 Å². The lowest BCUT2D eigenvalue weighted by Gasteiger charge is -2.12. The Morgan fingerprint density at radius 3 is 2.25 bits per heavy atom. The SMILES string of the molecule is CCOC(=O)CC(=O)C(=O)SC(C)CNC(=O)C(C)C. The molecule has 1 amide bonds. The zero-order chi connectivity index (χ0) is 15.7. The monoisotopic (exact) mass is 303 g/mol. The van der Waals surface area contributed by atoms with Crippen LogP contribution in [0.5, 0.6) is 0 Å². The number of carbonyl (C=O) groups is 4. The van der Waals surface area contributed by atoms with Crippen molar-refractivity contribution >= 4 is 34.5 Å². The zero-order valence-corrected chi connectivity index (χ0v) is 13.0. The minimum atomic E-state index is -0.782. The fourth-order valence-corrected chi connectivity index (χ4v) is 1.89. The smallest absolute Gasteiger partial charge is 0.313 e. The maximum atomic E-state index is 11.6. The van der Waals surface area contributed by atoms with Crippen LogP contribution in [0.25, 0.3) is 0 Å². The molecule has 0 aliphatic heterocycles. The number of rotatable bonds is 8. The van der Waals surface area contributed by atoms with Gasteiger partial charge in [-0.25, -0.2) is 0 Å². The minimum Gasteiger partial charge on any atom is -0.466 e. The van der Waals surface area contributed by atoms with Crippen LogP contribution in [0, 0.1) is 5.92 Å². The summed E-state index contributed by atoms with van der Waals surface area (Å²) < 4.78 is 4.59. The van der Waals surface area contributed by atoms with E-state index in [1.165, 1.54) is 0 Å². The number of ether oxygens (including phenoxy) is 1. The Kier molecular flexibility index (Phi) is 8.87. The van der Waals surface area contributed by atoms with E-state index < -0.39 is 23.3 Å². The summed E-state index contributed by atoms with van der Waals surface area (Å²) in [6.07, 6.45) is -0.537. The molecule has 0 aliphatic carbocycles. The third-order valence-electron chi connectivity index (χ3n) is 2.23. The van der Waals surface area contributed by atoms with Crippen LogP contribution in [-0.2, 0) is 23.9 Å². The van der Waals surface area contributed by atoms with E-state index in [9.17, 15) is 19.2 Å². The summed E-state index contributed by atoms with van der Waals surface area (Å²) in [5, 5.41) is 1.74. The second-order valence-electron chi connectivity index (χ2n) is 4.52. The molecule has 0 fully saturated rings. The molecule has 0 radical (unpaired) electrons. The quantitative estimate of drug-likeness (QED) is 0.407. The maximum absolute atomic E-state index is 11.6. The van der Waals surface area contributed by atoms with Crippen LogP contribution in [0.3, 0.4) is 0 Å². The van der Waals surface area contributed by atoms with Crippen molar-refractivity contribution in [1.82, 2.24) is 5.32 Å². The molecule has 0 saturated carbocycles. The van der Waals surface area contributed by atoms with E-state index in [4.69, 9.17) is 0 Å². The summed E-state index contributed by atoms with van der Waals surface area (Å²) >= 11 is 0.810. The first kappa shape index (κ1) is 18.6. The first-order chi connectivity index (χ1) is 9.27. The highest BCUT2D eigenvalue weighted by Gasteiger charge is 2.21. The van der Waals surface area contributed by atoms with Gasteiger partial charge in [0.05, 0.1) is 6.61 Å². The Morgan fingerprint density at radius 2 is 1.75 bits per heavy atom. The molecule has 0 heterocycles. The van der Waals surface area contributed by atoms with Crippen LogP contribution in [0.15, 0.2) is 0 Å². The molecule has 1 N–H and O–H groups in total. The number of thioether (sulfide) groups is 1. The molecule has 6 nitrogen and oxygen atoms in total. The van der Waals surface area contributed by atoms with E-state index in [1.807, 2.05) is 0 Å². The summed E-state index contributed by atoms with van der Waals surface area (Å²) in [6.45, 7) is 7.34. The Labute approximate surface area is 123 Å². The third kappa shape index (κ3) is 7.93. The van der Waals surface area contributed by atoms with Gasteiger partial charge < -0.3 is 10.1 Å². The van der Waals surface area contributed by atoms with Gasteiger partial charge in [0, 0.05) is 17.7 Å². The van der Waals surface area contributed by atoms with Gasteiger partial charge in [-0.3, -0.25) is 19.2 Å². The number of Topliss-reactive ketones (excluding diaryl/α,β-unsaturated/α-hetero) is 1. The van der Waals surface area contributed by atoms with Crippen molar-refractivity contribution in [2.45, 2.75) is 39.4 Å². The van der Waals surface area contributed by atoms with E-state index in [1.54, 1.807) is 27.7 Å². The maximum Gasteiger partial charge on any atom is 0.313 e. The molecular weight excluding hydrogens is 282 g/mol. The standard InChI is InChI=1S/C13H21NO5S/c1-5-19-11(16)6-10(15)13(18)20-9(4)7-14-12(17)8(2)3/h8-9H,5-7H2,1-4H3,(H,14,17). The average molecular weight is 303 g/mol. The first-order valence-corrected chi connectivity index (χ1v) is 7.33. The van der Waals surface area contributed by atoms with Gasteiger partial charge >= 0.3 is 5.97 Å². The van der Waals surface area contributed by atoms with Gasteiger partial charge in [0.2, 0.25) is 11.7 Å². The molecule has 0 aliphatic rings. The molecule has 114 valence electrons. The Bertz CT molecular complexity index is 381. The van der Waals surface area contributed by atoms with Gasteiger partial charge in [-0.2, -0.15) is 0 Å². The van der Waals surface area contributed by atoms with Crippen molar-refractivity contribution in [3.63, 3.8) is 0 Å². The molecule has 7 heteroatoms. The van der Waals surface area contributed by atoms with Gasteiger partial charge in [-0.15, -0.1) is 0 Å². The minimum absolute atomic E-state index is 0.109. The molecule has 20 heavy (non-hydrogen) atoms. The molecular formula is C13H21NO5S. The summed E-state index contributed by atoms with van der Waals surface area (Å²) in [5.41, 5.74) is 0. The summed E-state index contributed by atoms with van der Waals surface area (Å²) in [7, 11) is 0. The number of carbonyl (C=O) groups excluding carboxylic acids is 4. The summed E-state index contributed by atoms with van der Waals surface area (Å²) in [4.78, 5) is 45.4. The highest BCUT2D eigenvalue weighted by Crippen LogP contribution is 2.12. The summed E-state index contributed by atoms with van der Waals surface area (Å²) in [6, 6.07) is 0. The number of nitrogens with one attached hydrogen (secondary N) is 1. The van der Waals surface area contributed by atoms with Crippen LogP contribution in [0.1, 0.15) is 34.1 Å². The van der Waals surface area contributed by atoms with Gasteiger partial charge in [-0.05, 0) is 6.92 Å². The normalized spacial score (nSPS) is 11.8. The molecule has 1 atom stereocenters. The Hall–Kier alpha value is -1.37. The highest BCUT2D eigenvalue weighted by molar-refractivity contribution is 8.15. The summed E-state index contributed by atoms with van der Waals surface area (Å²) in [5.74, 6) is -1.72. The number of amides is 1. The lowest BCUT2D eigenvalue weighted by atomic mass is 10.2. The van der Waals surface area contributed by atoms with Crippen LogP contribution < -0.4 is 5.32 Å². The third-order valence-corrected chi connectivity index (χ3v) is 3.25. The molecule has 0 aromatic carbocycles. The van der Waals surface area contributed by atoms with Gasteiger partial charge in [0.15, 0.2) is 0 Å². The van der Waals surface area contributed by atoms with Crippen molar-refractivity contribution in [1.29, 1.82) is 0 Å². The lowest BCUT2D eigenvalue weighted by Crippen LogP contribution is -2.33. The van der Waals surface area contributed by atoms with Crippen molar-refractivity contribution < 1.29 is 23.9 Å². The highest BCUT2D eigenvalue weighted by atomic mass is 32.2. The fourth-order valence-electron chi connectivity index (χ4n) is 1.15. The van der Waals surface area contributed by atoms with E-state index in [2.05, 4.69) is 10.1 Å². The molecule has 0 bridgehead atoms. The predicted molar refractivity (Wildman–Crippen MR) is 76.2 cm³/mol. The Balaban J connectivity index is 4.09. The number of hydrogen-bond donors (Lipinski definition) is 1. The molecule has 1 unspecified atom stereocenters. The van der Waals surface area contributed by atoms with Gasteiger partial charge in [0.1, 0.15) is 6.42 Å². The average Bonchev–Trinajstić information content (AvgIpc) is 2.35. The van der Waals surface area contributed by atoms with Crippen LogP contribution in [0.2, 0.25) is 0 Å². The Morgan fingerprint density at radius 1 is 1.15 bits per heavy atom. The van der Waals surface area contributed by atoms with Gasteiger partial charge in [0.25, 0.3) is 5.12 Å². The largest absolute Gasteiger partial charge is 0.466 e. The number of ketones is 1. The first-order valence-electron chi connectivity index (χ1n) is 6.45. The molecule has 0 spiro atoms. The topological polar surface area (TPSA) is 89.5 Å².